The van der Waals surface area contributed by atoms with E-state index in [0.717, 1.165) is 19.1 Å². The van der Waals surface area contributed by atoms with Crippen LogP contribution in [-0.4, -0.2) is 19.7 Å². The van der Waals surface area contributed by atoms with E-state index >= 15 is 0 Å². The van der Waals surface area contributed by atoms with Crippen molar-refractivity contribution in [3.8, 4) is 0 Å². The lowest BCUT2D eigenvalue weighted by Crippen LogP contribution is -2.30. The van der Waals surface area contributed by atoms with Crippen molar-refractivity contribution < 1.29 is 4.74 Å². The van der Waals surface area contributed by atoms with Gasteiger partial charge >= 0.3 is 0 Å². The highest BCUT2D eigenvalue weighted by Crippen LogP contribution is 2.14. The molecule has 1 aromatic carbocycles. The molecule has 0 amide bonds. The van der Waals surface area contributed by atoms with Gasteiger partial charge in [-0.25, -0.2) is 0 Å². The maximum atomic E-state index is 5.73. The molecule has 1 heterocycles. The predicted molar refractivity (Wildman–Crippen MR) is 71.0 cm³/mol. The fraction of sp³-hybridized carbons (Fsp3) is 0.600. The van der Waals surface area contributed by atoms with Crippen LogP contribution in [0.2, 0.25) is 0 Å². The molecule has 1 aromatic rings. The van der Waals surface area contributed by atoms with Crippen molar-refractivity contribution in [1.82, 2.24) is 5.32 Å². The van der Waals surface area contributed by atoms with Gasteiger partial charge in [0.25, 0.3) is 0 Å². The fourth-order valence-electron chi connectivity index (χ4n) is 2.29. The largest absolute Gasteiger partial charge is 0.377 e. The highest BCUT2D eigenvalue weighted by molar-refractivity contribution is 5.20. The molecule has 17 heavy (non-hydrogen) atoms. The first kappa shape index (κ1) is 12.6. The molecule has 1 aliphatic heterocycles. The van der Waals surface area contributed by atoms with E-state index in [2.05, 4.69) is 36.5 Å². The van der Waals surface area contributed by atoms with E-state index in [9.17, 15) is 0 Å². The molecule has 0 saturated carbocycles. The molecule has 0 aliphatic carbocycles. The first-order valence-electron chi connectivity index (χ1n) is 6.68. The Hall–Kier alpha value is -0.860. The molecule has 1 atom stereocenters. The minimum atomic E-state index is 0.750. The summed E-state index contributed by atoms with van der Waals surface area (Å²) in [5.74, 6) is 0.821. The van der Waals surface area contributed by atoms with Gasteiger partial charge in [0.2, 0.25) is 0 Å². The van der Waals surface area contributed by atoms with E-state index in [-0.39, 0.29) is 0 Å². The maximum Gasteiger partial charge on any atom is 0.0716 e. The Morgan fingerprint density at radius 2 is 2.12 bits per heavy atom. The van der Waals surface area contributed by atoms with Crippen molar-refractivity contribution in [2.24, 2.45) is 5.92 Å². The maximum absolute atomic E-state index is 5.73. The van der Waals surface area contributed by atoms with E-state index in [0.29, 0.717) is 0 Å². The number of benzene rings is 1. The molecule has 2 nitrogen and oxygen atoms in total. The van der Waals surface area contributed by atoms with Gasteiger partial charge in [0.15, 0.2) is 0 Å². The third-order valence-corrected chi connectivity index (χ3v) is 3.46. The molecule has 1 unspecified atom stereocenters. The molecule has 1 fully saturated rings. The summed E-state index contributed by atoms with van der Waals surface area (Å²) in [6.45, 7) is 6.12. The molecule has 1 saturated heterocycles. The minimum Gasteiger partial charge on any atom is -0.377 e. The van der Waals surface area contributed by atoms with E-state index in [1.807, 2.05) is 0 Å². The SMILES string of the molecule is Cc1ccc(COCCC2CCCNC2)cc1. The smallest absolute Gasteiger partial charge is 0.0716 e. The summed E-state index contributed by atoms with van der Waals surface area (Å²) in [5.41, 5.74) is 2.58. The summed E-state index contributed by atoms with van der Waals surface area (Å²) in [7, 11) is 0. The van der Waals surface area contributed by atoms with Crippen molar-refractivity contribution in [3.05, 3.63) is 35.4 Å². The third-order valence-electron chi connectivity index (χ3n) is 3.46. The number of ether oxygens (including phenoxy) is 1. The normalized spacial score (nSPS) is 20.4. The van der Waals surface area contributed by atoms with Crippen LogP contribution >= 0.6 is 0 Å². The minimum absolute atomic E-state index is 0.750. The molecule has 0 bridgehead atoms. The Morgan fingerprint density at radius 1 is 1.29 bits per heavy atom. The molecule has 1 N–H and O–H groups in total. The van der Waals surface area contributed by atoms with Gasteiger partial charge in [0.1, 0.15) is 0 Å². The molecule has 2 rings (SSSR count). The molecular formula is C15H23NO. The van der Waals surface area contributed by atoms with Crippen molar-refractivity contribution >= 4 is 0 Å². The van der Waals surface area contributed by atoms with E-state index in [4.69, 9.17) is 4.74 Å². The number of hydrogen-bond acceptors (Lipinski definition) is 2. The second-order valence-corrected chi connectivity index (χ2v) is 5.04. The van der Waals surface area contributed by atoms with Crippen LogP contribution in [0.3, 0.4) is 0 Å². The monoisotopic (exact) mass is 233 g/mol. The summed E-state index contributed by atoms with van der Waals surface area (Å²) >= 11 is 0. The van der Waals surface area contributed by atoms with Crippen LogP contribution < -0.4 is 5.32 Å². The van der Waals surface area contributed by atoms with Gasteiger partial charge in [-0.3, -0.25) is 0 Å². The van der Waals surface area contributed by atoms with E-state index < -0.39 is 0 Å². The predicted octanol–water partition coefficient (Wildman–Crippen LogP) is 2.90. The highest BCUT2D eigenvalue weighted by atomic mass is 16.5. The zero-order chi connectivity index (χ0) is 11.9. The van der Waals surface area contributed by atoms with Gasteiger partial charge in [0.05, 0.1) is 6.61 Å². The molecule has 0 radical (unpaired) electrons. The quantitative estimate of drug-likeness (QED) is 0.790. The zero-order valence-electron chi connectivity index (χ0n) is 10.7. The number of hydrogen-bond donors (Lipinski definition) is 1. The fourth-order valence-corrected chi connectivity index (χ4v) is 2.29. The lowest BCUT2D eigenvalue weighted by molar-refractivity contribution is 0.103. The lowest BCUT2D eigenvalue weighted by atomic mass is 9.97. The van der Waals surface area contributed by atoms with Gasteiger partial charge < -0.3 is 10.1 Å². The van der Waals surface area contributed by atoms with Crippen molar-refractivity contribution in [2.45, 2.75) is 32.8 Å². The second kappa shape index (κ2) is 6.77. The Kier molecular flexibility index (Phi) is 5.02. The summed E-state index contributed by atoms with van der Waals surface area (Å²) in [6.07, 6.45) is 3.88. The number of nitrogens with one attached hydrogen (secondary N) is 1. The Morgan fingerprint density at radius 3 is 2.82 bits per heavy atom. The van der Waals surface area contributed by atoms with Gasteiger partial charge in [-0.05, 0) is 50.8 Å². The average molecular weight is 233 g/mol. The van der Waals surface area contributed by atoms with E-state index in [1.165, 1.54) is 43.5 Å². The van der Waals surface area contributed by atoms with Crippen molar-refractivity contribution in [3.63, 3.8) is 0 Å². The molecule has 1 aliphatic rings. The van der Waals surface area contributed by atoms with Gasteiger partial charge in [-0.15, -0.1) is 0 Å². The van der Waals surface area contributed by atoms with Gasteiger partial charge in [-0.2, -0.15) is 0 Å². The summed E-state index contributed by atoms with van der Waals surface area (Å²) < 4.78 is 5.73. The van der Waals surface area contributed by atoms with Gasteiger partial charge in [0, 0.05) is 6.61 Å². The van der Waals surface area contributed by atoms with Crippen LogP contribution in [0, 0.1) is 12.8 Å². The van der Waals surface area contributed by atoms with Crippen LogP contribution in [0.15, 0.2) is 24.3 Å². The standard InChI is InChI=1S/C15H23NO/c1-13-4-6-15(7-5-13)12-17-10-8-14-3-2-9-16-11-14/h4-7,14,16H,2-3,8-12H2,1H3. The molecule has 94 valence electrons. The molecule has 0 aromatic heterocycles. The lowest BCUT2D eigenvalue weighted by Gasteiger charge is -2.22. The van der Waals surface area contributed by atoms with Crippen LogP contribution in [-0.2, 0) is 11.3 Å². The third kappa shape index (κ3) is 4.49. The number of piperidine rings is 1. The van der Waals surface area contributed by atoms with Crippen LogP contribution in [0.4, 0.5) is 0 Å². The first-order valence-corrected chi connectivity index (χ1v) is 6.68. The molecular weight excluding hydrogens is 210 g/mol. The van der Waals surface area contributed by atoms with Crippen LogP contribution in [0.1, 0.15) is 30.4 Å². The highest BCUT2D eigenvalue weighted by Gasteiger charge is 2.12. The van der Waals surface area contributed by atoms with Crippen LogP contribution in [0.25, 0.3) is 0 Å². The van der Waals surface area contributed by atoms with Gasteiger partial charge in [-0.1, -0.05) is 29.8 Å². The average Bonchev–Trinajstić information content (AvgIpc) is 2.38. The molecule has 2 heteroatoms. The van der Waals surface area contributed by atoms with Crippen LogP contribution in [0.5, 0.6) is 0 Å². The Balaban J connectivity index is 1.60. The summed E-state index contributed by atoms with van der Waals surface area (Å²) in [5, 5.41) is 3.44. The summed E-state index contributed by atoms with van der Waals surface area (Å²) in [6, 6.07) is 8.59. The Bertz CT molecular complexity index is 314. The van der Waals surface area contributed by atoms with E-state index in [1.54, 1.807) is 0 Å². The first-order chi connectivity index (χ1) is 8.34. The van der Waals surface area contributed by atoms with Crippen molar-refractivity contribution in [1.29, 1.82) is 0 Å². The summed E-state index contributed by atoms with van der Waals surface area (Å²) in [4.78, 5) is 0. The topological polar surface area (TPSA) is 21.3 Å². The second-order valence-electron chi connectivity index (χ2n) is 5.04. The number of aryl methyl sites for hydroxylation is 1. The van der Waals surface area contributed by atoms with Crippen molar-refractivity contribution in [2.75, 3.05) is 19.7 Å². The molecule has 0 spiro atoms. The number of rotatable bonds is 5. The zero-order valence-corrected chi connectivity index (χ0v) is 10.7. The Labute approximate surface area is 104 Å².